The van der Waals surface area contributed by atoms with Gasteiger partial charge >= 0.3 is 0 Å². The Morgan fingerprint density at radius 2 is 2.17 bits per heavy atom. The fraction of sp³-hybridized carbons (Fsp3) is 0. The van der Waals surface area contributed by atoms with Crippen LogP contribution in [0.2, 0.25) is 5.28 Å². The molecule has 0 saturated carbocycles. The van der Waals surface area contributed by atoms with E-state index in [0.717, 1.165) is 0 Å². The molecule has 18 heavy (non-hydrogen) atoms. The number of anilines is 1. The second-order valence-electron chi connectivity index (χ2n) is 3.33. The third kappa shape index (κ3) is 2.96. The molecular formula is C11H7BrClN3O2. The summed E-state index contributed by atoms with van der Waals surface area (Å²) in [7, 11) is 0. The van der Waals surface area contributed by atoms with Crippen molar-refractivity contribution in [1.29, 1.82) is 0 Å². The van der Waals surface area contributed by atoms with Gasteiger partial charge in [-0.2, -0.15) is 0 Å². The molecule has 0 spiro atoms. The highest BCUT2D eigenvalue weighted by Crippen LogP contribution is 2.22. The third-order valence-electron chi connectivity index (χ3n) is 2.07. The van der Waals surface area contributed by atoms with Crippen molar-refractivity contribution in [3.8, 4) is 5.75 Å². The Kier molecular flexibility index (Phi) is 3.78. The fourth-order valence-electron chi connectivity index (χ4n) is 1.28. The summed E-state index contributed by atoms with van der Waals surface area (Å²) < 4.78 is 0.686. The average molecular weight is 329 g/mol. The number of aromatic hydroxyl groups is 1. The molecule has 1 aromatic carbocycles. The van der Waals surface area contributed by atoms with Crippen LogP contribution in [0, 0.1) is 0 Å². The van der Waals surface area contributed by atoms with Crippen molar-refractivity contribution in [3.63, 3.8) is 0 Å². The van der Waals surface area contributed by atoms with Crippen molar-refractivity contribution >= 4 is 39.3 Å². The molecule has 0 radical (unpaired) electrons. The van der Waals surface area contributed by atoms with Crippen LogP contribution in [-0.2, 0) is 0 Å². The van der Waals surface area contributed by atoms with Gasteiger partial charge in [0.1, 0.15) is 11.6 Å². The first-order chi connectivity index (χ1) is 8.56. The molecule has 0 bridgehead atoms. The van der Waals surface area contributed by atoms with E-state index in [2.05, 4.69) is 31.2 Å². The summed E-state index contributed by atoms with van der Waals surface area (Å²) in [5.74, 6) is -0.334. The maximum absolute atomic E-state index is 11.9. The molecular weight excluding hydrogens is 321 g/mol. The van der Waals surface area contributed by atoms with E-state index in [1.165, 1.54) is 24.4 Å². The molecule has 0 fully saturated rings. The molecule has 0 saturated heterocycles. The van der Waals surface area contributed by atoms with Gasteiger partial charge in [0.15, 0.2) is 0 Å². The van der Waals surface area contributed by atoms with Gasteiger partial charge in [0.2, 0.25) is 5.28 Å². The van der Waals surface area contributed by atoms with Crippen LogP contribution in [0.1, 0.15) is 10.4 Å². The van der Waals surface area contributed by atoms with Crippen LogP contribution in [-0.4, -0.2) is 21.0 Å². The smallest absolute Gasteiger partial charge is 0.260 e. The number of nitrogens with zero attached hydrogens (tertiary/aromatic N) is 2. The molecule has 7 heteroatoms. The number of nitrogens with one attached hydrogen (secondary N) is 1. The summed E-state index contributed by atoms with van der Waals surface area (Å²) in [4.78, 5) is 19.4. The van der Waals surface area contributed by atoms with Crippen molar-refractivity contribution in [2.75, 3.05) is 5.32 Å². The van der Waals surface area contributed by atoms with Gasteiger partial charge in [-0.1, -0.05) is 15.9 Å². The summed E-state index contributed by atoms with van der Waals surface area (Å²) in [5.41, 5.74) is 0.138. The summed E-state index contributed by atoms with van der Waals surface area (Å²) in [6.45, 7) is 0. The zero-order valence-electron chi connectivity index (χ0n) is 8.89. The summed E-state index contributed by atoms with van der Waals surface area (Å²) in [6.07, 6.45) is 1.42. The van der Waals surface area contributed by atoms with E-state index in [9.17, 15) is 9.90 Å². The summed E-state index contributed by atoms with van der Waals surface area (Å²) in [5, 5.41) is 12.1. The highest BCUT2D eigenvalue weighted by molar-refractivity contribution is 9.10. The zero-order valence-corrected chi connectivity index (χ0v) is 11.2. The number of halogens is 2. The molecule has 0 unspecified atom stereocenters. The molecule has 0 aliphatic carbocycles. The quantitative estimate of drug-likeness (QED) is 0.831. The second kappa shape index (κ2) is 5.32. The van der Waals surface area contributed by atoms with Gasteiger partial charge in [-0.3, -0.25) is 4.79 Å². The number of rotatable bonds is 2. The zero-order chi connectivity index (χ0) is 13.1. The lowest BCUT2D eigenvalue weighted by molar-refractivity contribution is 0.102. The van der Waals surface area contributed by atoms with Gasteiger partial charge in [0.05, 0.1) is 5.56 Å². The number of carbonyl (C=O) groups is 1. The van der Waals surface area contributed by atoms with Crippen LogP contribution in [0.5, 0.6) is 5.75 Å². The van der Waals surface area contributed by atoms with E-state index in [-0.39, 0.29) is 22.4 Å². The molecule has 1 amide bonds. The van der Waals surface area contributed by atoms with Crippen molar-refractivity contribution < 1.29 is 9.90 Å². The molecule has 2 aromatic rings. The van der Waals surface area contributed by atoms with Crippen LogP contribution in [0.25, 0.3) is 0 Å². The Bertz CT molecular complexity index is 607. The van der Waals surface area contributed by atoms with E-state index >= 15 is 0 Å². The molecule has 1 heterocycles. The summed E-state index contributed by atoms with van der Waals surface area (Å²) in [6, 6.07) is 6.06. The number of hydrogen-bond acceptors (Lipinski definition) is 4. The number of hydrogen-bond donors (Lipinski definition) is 2. The van der Waals surface area contributed by atoms with Crippen molar-refractivity contribution in [1.82, 2.24) is 9.97 Å². The molecule has 92 valence electrons. The number of amides is 1. The largest absolute Gasteiger partial charge is 0.507 e. The predicted octanol–water partition coefficient (Wildman–Crippen LogP) is 2.85. The third-order valence-corrected chi connectivity index (χ3v) is 2.75. The van der Waals surface area contributed by atoms with Gasteiger partial charge < -0.3 is 10.4 Å². The minimum absolute atomic E-state index is 0.0336. The lowest BCUT2D eigenvalue weighted by atomic mass is 10.2. The highest BCUT2D eigenvalue weighted by Gasteiger charge is 2.12. The maximum Gasteiger partial charge on any atom is 0.260 e. The minimum atomic E-state index is -0.483. The normalized spacial score (nSPS) is 10.1. The van der Waals surface area contributed by atoms with Crippen molar-refractivity contribution in [2.24, 2.45) is 0 Å². The van der Waals surface area contributed by atoms with E-state index in [4.69, 9.17) is 11.6 Å². The number of benzene rings is 1. The molecule has 0 atom stereocenters. The van der Waals surface area contributed by atoms with Crippen molar-refractivity contribution in [3.05, 3.63) is 45.8 Å². The average Bonchev–Trinajstić information content (AvgIpc) is 2.32. The topological polar surface area (TPSA) is 75.1 Å². The second-order valence-corrected chi connectivity index (χ2v) is 4.58. The number of phenols is 1. The van der Waals surface area contributed by atoms with E-state index in [1.54, 1.807) is 6.07 Å². The lowest BCUT2D eigenvalue weighted by Gasteiger charge is -2.06. The number of phenolic OH excluding ortho intramolecular Hbond substituents is 1. The SMILES string of the molecule is O=C(Nc1ccnc(Cl)n1)c1cc(Br)ccc1O. The summed E-state index contributed by atoms with van der Waals surface area (Å²) >= 11 is 8.82. The van der Waals surface area contributed by atoms with Gasteiger partial charge in [-0.25, -0.2) is 9.97 Å². The number of carbonyl (C=O) groups excluding carboxylic acids is 1. The molecule has 2 rings (SSSR count). The molecule has 0 aliphatic heterocycles. The molecule has 1 aromatic heterocycles. The Hall–Kier alpha value is -1.66. The van der Waals surface area contributed by atoms with E-state index in [1.807, 2.05) is 0 Å². The van der Waals surface area contributed by atoms with Crippen molar-refractivity contribution in [2.45, 2.75) is 0 Å². The molecule has 5 nitrogen and oxygen atoms in total. The Labute approximate surface area is 116 Å². The fourth-order valence-corrected chi connectivity index (χ4v) is 1.79. The molecule has 0 aliphatic rings. The Morgan fingerprint density at radius 3 is 2.89 bits per heavy atom. The Morgan fingerprint density at radius 1 is 1.39 bits per heavy atom. The number of aromatic nitrogens is 2. The lowest BCUT2D eigenvalue weighted by Crippen LogP contribution is -2.13. The van der Waals surface area contributed by atoms with Gasteiger partial charge in [0.25, 0.3) is 5.91 Å². The standard InChI is InChI=1S/C11H7BrClN3O2/c12-6-1-2-8(17)7(5-6)10(18)15-9-3-4-14-11(13)16-9/h1-5,17H,(H,14,15,16,18). The van der Waals surface area contributed by atoms with Crippen LogP contribution in [0.15, 0.2) is 34.9 Å². The van der Waals surface area contributed by atoms with Crippen LogP contribution in [0.3, 0.4) is 0 Å². The Balaban J connectivity index is 2.24. The first-order valence-corrected chi connectivity index (χ1v) is 6.02. The van der Waals surface area contributed by atoms with E-state index < -0.39 is 5.91 Å². The minimum Gasteiger partial charge on any atom is -0.507 e. The predicted molar refractivity (Wildman–Crippen MR) is 70.8 cm³/mol. The van der Waals surface area contributed by atoms with E-state index in [0.29, 0.717) is 4.47 Å². The van der Waals surface area contributed by atoms with Crippen LogP contribution in [0.4, 0.5) is 5.82 Å². The molecule has 2 N–H and O–H groups in total. The maximum atomic E-state index is 11.9. The van der Waals surface area contributed by atoms with Gasteiger partial charge in [0, 0.05) is 10.7 Å². The van der Waals surface area contributed by atoms with Crippen LogP contribution < -0.4 is 5.32 Å². The monoisotopic (exact) mass is 327 g/mol. The first kappa shape index (κ1) is 12.8. The van der Waals surface area contributed by atoms with Gasteiger partial charge in [-0.05, 0) is 35.9 Å². The highest BCUT2D eigenvalue weighted by atomic mass is 79.9. The van der Waals surface area contributed by atoms with Gasteiger partial charge in [-0.15, -0.1) is 0 Å². The first-order valence-electron chi connectivity index (χ1n) is 4.84. The van der Waals surface area contributed by atoms with Crippen LogP contribution >= 0.6 is 27.5 Å².